The van der Waals surface area contributed by atoms with Crippen molar-refractivity contribution < 1.29 is 4.79 Å². The van der Waals surface area contributed by atoms with Gasteiger partial charge >= 0.3 is 0 Å². The first-order valence-corrected chi connectivity index (χ1v) is 7.24. The van der Waals surface area contributed by atoms with Gasteiger partial charge in [-0.15, -0.1) is 11.3 Å². The van der Waals surface area contributed by atoms with Crippen LogP contribution in [-0.4, -0.2) is 24.5 Å². The van der Waals surface area contributed by atoms with E-state index in [4.69, 9.17) is 5.73 Å². The van der Waals surface area contributed by atoms with Crippen LogP contribution in [0.3, 0.4) is 0 Å². The van der Waals surface area contributed by atoms with Gasteiger partial charge in [-0.3, -0.25) is 4.79 Å². The maximum Gasteiger partial charge on any atom is 0.251 e. The first kappa shape index (κ1) is 14.3. The molecule has 1 aromatic carbocycles. The molecule has 6 heteroatoms. The summed E-state index contributed by atoms with van der Waals surface area (Å²) in [7, 11) is 1.60. The van der Waals surface area contributed by atoms with Gasteiger partial charge in [-0.25, -0.2) is 4.98 Å². The molecule has 5 nitrogen and oxygen atoms in total. The second-order valence-electron chi connectivity index (χ2n) is 4.42. The minimum absolute atomic E-state index is 0.138. The predicted octanol–water partition coefficient (Wildman–Crippen LogP) is 2.05. The van der Waals surface area contributed by atoms with Crippen molar-refractivity contribution >= 4 is 28.6 Å². The average Bonchev–Trinajstić information content (AvgIpc) is 2.85. The zero-order valence-electron chi connectivity index (χ0n) is 11.6. The summed E-state index contributed by atoms with van der Waals surface area (Å²) in [5.41, 5.74) is 8.99. The monoisotopic (exact) mass is 290 g/mol. The van der Waals surface area contributed by atoms with Gasteiger partial charge in [0.2, 0.25) is 0 Å². The third kappa shape index (κ3) is 3.48. The first-order valence-electron chi connectivity index (χ1n) is 6.36. The molecule has 0 aliphatic carbocycles. The Balaban J connectivity index is 1.94. The van der Waals surface area contributed by atoms with Crippen LogP contribution in [0.25, 0.3) is 0 Å². The molecule has 106 valence electrons. The van der Waals surface area contributed by atoms with Crippen LogP contribution in [0.1, 0.15) is 21.1 Å². The maximum absolute atomic E-state index is 11.5. The van der Waals surface area contributed by atoms with Crippen molar-refractivity contribution in [1.29, 1.82) is 0 Å². The molecule has 1 heterocycles. The van der Waals surface area contributed by atoms with Gasteiger partial charge < -0.3 is 16.4 Å². The SMILES string of the molecule is CNC(=O)c1ccc(NCCc2csc(C)n2)c(N)c1. The van der Waals surface area contributed by atoms with Gasteiger partial charge in [0, 0.05) is 31.0 Å². The summed E-state index contributed by atoms with van der Waals surface area (Å²) >= 11 is 1.65. The molecule has 0 unspecified atom stereocenters. The number of thiazole rings is 1. The Morgan fingerprint density at radius 2 is 2.25 bits per heavy atom. The molecule has 0 aliphatic rings. The lowest BCUT2D eigenvalue weighted by atomic mass is 10.1. The van der Waals surface area contributed by atoms with Crippen LogP contribution in [0, 0.1) is 6.92 Å². The number of nitrogens with one attached hydrogen (secondary N) is 2. The average molecular weight is 290 g/mol. The fraction of sp³-hybridized carbons (Fsp3) is 0.286. The summed E-state index contributed by atoms with van der Waals surface area (Å²) in [6.45, 7) is 2.75. The lowest BCUT2D eigenvalue weighted by Crippen LogP contribution is -2.18. The van der Waals surface area contributed by atoms with Crippen LogP contribution in [-0.2, 0) is 6.42 Å². The second kappa shape index (κ2) is 6.38. The molecule has 2 rings (SSSR count). The second-order valence-corrected chi connectivity index (χ2v) is 5.48. The highest BCUT2D eigenvalue weighted by Crippen LogP contribution is 2.20. The van der Waals surface area contributed by atoms with E-state index in [9.17, 15) is 4.79 Å². The van der Waals surface area contributed by atoms with E-state index in [1.54, 1.807) is 30.5 Å². The van der Waals surface area contributed by atoms with Gasteiger partial charge in [0.25, 0.3) is 5.91 Å². The minimum atomic E-state index is -0.138. The summed E-state index contributed by atoms with van der Waals surface area (Å²) in [5, 5.41) is 8.98. The molecule has 4 N–H and O–H groups in total. The maximum atomic E-state index is 11.5. The summed E-state index contributed by atoms with van der Waals surface area (Å²) < 4.78 is 0. The number of amides is 1. The van der Waals surface area contributed by atoms with Gasteiger partial charge in [0.05, 0.1) is 22.1 Å². The molecule has 0 aliphatic heterocycles. The normalized spacial score (nSPS) is 10.3. The van der Waals surface area contributed by atoms with Gasteiger partial charge in [-0.05, 0) is 25.1 Å². The first-order chi connectivity index (χ1) is 9.60. The van der Waals surface area contributed by atoms with Crippen LogP contribution < -0.4 is 16.4 Å². The standard InChI is InChI=1S/C14H18N4OS/c1-9-18-11(8-20-9)5-6-17-13-4-3-10(7-12(13)15)14(19)16-2/h3-4,7-8,17H,5-6,15H2,1-2H3,(H,16,19). The lowest BCUT2D eigenvalue weighted by Gasteiger charge is -2.10. The van der Waals surface area contributed by atoms with E-state index in [-0.39, 0.29) is 5.91 Å². The Bertz CT molecular complexity index is 609. The van der Waals surface area contributed by atoms with Gasteiger partial charge in [-0.1, -0.05) is 0 Å². The summed E-state index contributed by atoms with van der Waals surface area (Å²) in [6, 6.07) is 5.25. The molecule has 0 fully saturated rings. The van der Waals surface area contributed by atoms with Crippen LogP contribution in [0.15, 0.2) is 23.6 Å². The van der Waals surface area contributed by atoms with Gasteiger partial charge in [0.15, 0.2) is 0 Å². The Hall–Kier alpha value is -2.08. The molecule has 0 saturated heterocycles. The number of rotatable bonds is 5. The Morgan fingerprint density at radius 1 is 1.45 bits per heavy atom. The smallest absolute Gasteiger partial charge is 0.251 e. The zero-order valence-corrected chi connectivity index (χ0v) is 12.4. The molecule has 20 heavy (non-hydrogen) atoms. The van der Waals surface area contributed by atoms with E-state index in [1.165, 1.54) is 0 Å². The number of anilines is 2. The number of nitrogens with two attached hydrogens (primary N) is 1. The molecule has 0 bridgehead atoms. The number of hydrogen-bond acceptors (Lipinski definition) is 5. The highest BCUT2D eigenvalue weighted by atomic mass is 32.1. The van der Waals surface area contributed by atoms with Crippen molar-refractivity contribution in [2.75, 3.05) is 24.6 Å². The third-order valence-electron chi connectivity index (χ3n) is 2.90. The van der Waals surface area contributed by atoms with Gasteiger partial charge in [-0.2, -0.15) is 0 Å². The highest BCUT2D eigenvalue weighted by molar-refractivity contribution is 7.09. The van der Waals surface area contributed by atoms with E-state index in [0.717, 1.165) is 29.4 Å². The van der Waals surface area contributed by atoms with E-state index < -0.39 is 0 Å². The lowest BCUT2D eigenvalue weighted by molar-refractivity contribution is 0.0963. The largest absolute Gasteiger partial charge is 0.397 e. The molecular formula is C14H18N4OS. The quantitative estimate of drug-likeness (QED) is 0.736. The summed E-state index contributed by atoms with van der Waals surface area (Å²) in [4.78, 5) is 15.9. The molecule has 0 atom stereocenters. The van der Waals surface area contributed by atoms with Crippen molar-refractivity contribution in [2.45, 2.75) is 13.3 Å². The molecule has 0 spiro atoms. The summed E-state index contributed by atoms with van der Waals surface area (Å²) in [6.07, 6.45) is 0.848. The van der Waals surface area contributed by atoms with E-state index in [2.05, 4.69) is 21.0 Å². The molecule has 0 saturated carbocycles. The highest BCUT2D eigenvalue weighted by Gasteiger charge is 2.06. The van der Waals surface area contributed by atoms with E-state index in [0.29, 0.717) is 11.3 Å². The van der Waals surface area contributed by atoms with Crippen LogP contribution >= 0.6 is 11.3 Å². The topological polar surface area (TPSA) is 80.0 Å². The molecular weight excluding hydrogens is 272 g/mol. The van der Waals surface area contributed by atoms with Crippen molar-refractivity contribution in [1.82, 2.24) is 10.3 Å². The van der Waals surface area contributed by atoms with Crippen LogP contribution in [0.2, 0.25) is 0 Å². The van der Waals surface area contributed by atoms with Crippen LogP contribution in [0.5, 0.6) is 0 Å². The molecule has 2 aromatic rings. The minimum Gasteiger partial charge on any atom is -0.397 e. The fourth-order valence-corrected chi connectivity index (χ4v) is 2.50. The number of aryl methyl sites for hydroxylation is 1. The van der Waals surface area contributed by atoms with Crippen molar-refractivity contribution in [2.24, 2.45) is 0 Å². The Morgan fingerprint density at radius 3 is 2.85 bits per heavy atom. The van der Waals surface area contributed by atoms with E-state index in [1.807, 2.05) is 13.0 Å². The molecule has 0 radical (unpaired) electrons. The number of nitrogen functional groups attached to an aromatic ring is 1. The van der Waals surface area contributed by atoms with Crippen molar-refractivity contribution in [3.63, 3.8) is 0 Å². The zero-order chi connectivity index (χ0) is 14.5. The van der Waals surface area contributed by atoms with Gasteiger partial charge in [0.1, 0.15) is 0 Å². The van der Waals surface area contributed by atoms with Crippen molar-refractivity contribution in [3.05, 3.63) is 39.8 Å². The van der Waals surface area contributed by atoms with Crippen LogP contribution in [0.4, 0.5) is 11.4 Å². The number of nitrogens with zero attached hydrogens (tertiary/aromatic N) is 1. The summed E-state index contributed by atoms with van der Waals surface area (Å²) in [5.74, 6) is -0.138. The molecule has 1 amide bonds. The number of aromatic nitrogens is 1. The number of carbonyl (C=O) groups excluding carboxylic acids is 1. The Kier molecular flexibility index (Phi) is 4.57. The Labute approximate surface area is 122 Å². The van der Waals surface area contributed by atoms with Crippen molar-refractivity contribution in [3.8, 4) is 0 Å². The fourth-order valence-electron chi connectivity index (χ4n) is 1.86. The predicted molar refractivity (Wildman–Crippen MR) is 83.3 cm³/mol. The third-order valence-corrected chi connectivity index (χ3v) is 3.73. The number of hydrogen-bond donors (Lipinski definition) is 3. The van der Waals surface area contributed by atoms with E-state index >= 15 is 0 Å². The number of carbonyl (C=O) groups is 1. The molecule has 1 aromatic heterocycles. The number of benzene rings is 1.